The van der Waals surface area contributed by atoms with Crippen molar-refractivity contribution in [3.05, 3.63) is 29.8 Å². The summed E-state index contributed by atoms with van der Waals surface area (Å²) in [4.78, 5) is 12.8. The van der Waals surface area contributed by atoms with Gasteiger partial charge in [-0.2, -0.15) is 0 Å². The second-order valence-electron chi connectivity index (χ2n) is 4.36. The third-order valence-corrected chi connectivity index (χ3v) is 3.83. The molecule has 1 aliphatic heterocycles. The van der Waals surface area contributed by atoms with E-state index in [-0.39, 0.29) is 5.91 Å². The van der Waals surface area contributed by atoms with Gasteiger partial charge in [0.2, 0.25) is 5.91 Å². The van der Waals surface area contributed by atoms with Crippen molar-refractivity contribution in [2.75, 3.05) is 18.8 Å². The van der Waals surface area contributed by atoms with Gasteiger partial charge in [-0.3, -0.25) is 4.79 Å². The lowest BCUT2D eigenvalue weighted by Gasteiger charge is -2.10. The van der Waals surface area contributed by atoms with Crippen molar-refractivity contribution >= 4 is 17.7 Å². The summed E-state index contributed by atoms with van der Waals surface area (Å²) in [6.45, 7) is 3.98. The summed E-state index contributed by atoms with van der Waals surface area (Å²) < 4.78 is 0. The zero-order valence-corrected chi connectivity index (χ0v) is 10.8. The van der Waals surface area contributed by atoms with Crippen molar-refractivity contribution in [2.24, 2.45) is 0 Å². The van der Waals surface area contributed by atoms with Crippen LogP contribution in [-0.4, -0.2) is 30.8 Å². The lowest BCUT2D eigenvalue weighted by atomic mass is 10.2. The summed E-state index contributed by atoms with van der Waals surface area (Å²) >= 11 is 1.59. The Bertz CT molecular complexity index is 372. The molecule has 4 heteroatoms. The minimum Gasteiger partial charge on any atom is -0.351 e. The molecule has 2 N–H and O–H groups in total. The summed E-state index contributed by atoms with van der Waals surface area (Å²) in [5, 5.41) is 6.27. The Balaban J connectivity index is 1.73. The van der Waals surface area contributed by atoms with E-state index in [4.69, 9.17) is 0 Å². The highest BCUT2D eigenvalue weighted by atomic mass is 32.2. The molecular weight excluding hydrogens is 232 g/mol. The third-order valence-electron chi connectivity index (χ3n) is 2.82. The van der Waals surface area contributed by atoms with Crippen molar-refractivity contribution in [3.8, 4) is 0 Å². The maximum absolute atomic E-state index is 11.7. The Hall–Kier alpha value is -1.00. The van der Waals surface area contributed by atoms with Crippen molar-refractivity contribution in [1.82, 2.24) is 10.6 Å². The van der Waals surface area contributed by atoms with Gasteiger partial charge in [0.1, 0.15) is 0 Å². The molecule has 1 unspecified atom stereocenters. The molecule has 1 atom stereocenters. The highest BCUT2D eigenvalue weighted by Crippen LogP contribution is 2.17. The van der Waals surface area contributed by atoms with Crippen LogP contribution in [0.5, 0.6) is 0 Å². The first-order valence-electron chi connectivity index (χ1n) is 5.93. The van der Waals surface area contributed by atoms with Gasteiger partial charge in [0.05, 0.1) is 5.75 Å². The minimum atomic E-state index is 0.129. The number of rotatable bonds is 4. The fourth-order valence-corrected chi connectivity index (χ4v) is 2.54. The zero-order chi connectivity index (χ0) is 12.1. The van der Waals surface area contributed by atoms with E-state index in [2.05, 4.69) is 41.8 Å². The molecule has 3 nitrogen and oxygen atoms in total. The van der Waals surface area contributed by atoms with Crippen molar-refractivity contribution in [1.29, 1.82) is 0 Å². The molecular formula is C13H18N2OS. The smallest absolute Gasteiger partial charge is 0.230 e. The van der Waals surface area contributed by atoms with Gasteiger partial charge in [-0.25, -0.2) is 0 Å². The van der Waals surface area contributed by atoms with Gasteiger partial charge in [-0.05, 0) is 32.0 Å². The van der Waals surface area contributed by atoms with Gasteiger partial charge in [-0.15, -0.1) is 11.8 Å². The van der Waals surface area contributed by atoms with E-state index in [1.54, 1.807) is 11.8 Å². The van der Waals surface area contributed by atoms with Crippen LogP contribution in [0.1, 0.15) is 12.0 Å². The van der Waals surface area contributed by atoms with Crippen molar-refractivity contribution < 1.29 is 4.79 Å². The molecule has 0 aromatic heterocycles. The van der Waals surface area contributed by atoms with Crippen LogP contribution in [-0.2, 0) is 4.79 Å². The van der Waals surface area contributed by atoms with Crippen molar-refractivity contribution in [2.45, 2.75) is 24.3 Å². The van der Waals surface area contributed by atoms with Crippen LogP contribution in [0.2, 0.25) is 0 Å². The second kappa shape index (κ2) is 6.07. The monoisotopic (exact) mass is 250 g/mol. The van der Waals surface area contributed by atoms with Crippen LogP contribution in [0.15, 0.2) is 29.2 Å². The van der Waals surface area contributed by atoms with Crippen LogP contribution < -0.4 is 10.6 Å². The molecule has 0 spiro atoms. The zero-order valence-electron chi connectivity index (χ0n) is 10.0. The number of amides is 1. The Morgan fingerprint density at radius 1 is 1.47 bits per heavy atom. The molecule has 17 heavy (non-hydrogen) atoms. The molecule has 2 rings (SSSR count). The minimum absolute atomic E-state index is 0.129. The first kappa shape index (κ1) is 12.5. The van der Waals surface area contributed by atoms with Crippen molar-refractivity contribution in [3.63, 3.8) is 0 Å². The van der Waals surface area contributed by atoms with E-state index < -0.39 is 0 Å². The summed E-state index contributed by atoms with van der Waals surface area (Å²) in [6.07, 6.45) is 1.04. The number of nitrogens with one attached hydrogen (secondary N) is 2. The number of carbonyl (C=O) groups is 1. The highest BCUT2D eigenvalue weighted by molar-refractivity contribution is 8.00. The molecule has 1 aromatic rings. The Kier molecular flexibility index (Phi) is 4.45. The van der Waals surface area contributed by atoms with Gasteiger partial charge >= 0.3 is 0 Å². The third kappa shape index (κ3) is 4.06. The normalized spacial score (nSPS) is 19.2. The Morgan fingerprint density at radius 2 is 2.24 bits per heavy atom. The quantitative estimate of drug-likeness (QED) is 0.797. The topological polar surface area (TPSA) is 41.1 Å². The molecule has 1 amide bonds. The van der Waals surface area contributed by atoms with E-state index in [0.717, 1.165) is 24.4 Å². The molecule has 0 bridgehead atoms. The van der Waals surface area contributed by atoms with Crippen LogP contribution in [0.4, 0.5) is 0 Å². The number of hydrogen-bond acceptors (Lipinski definition) is 3. The van der Waals surface area contributed by atoms with E-state index in [1.807, 2.05) is 0 Å². The maximum atomic E-state index is 11.7. The first-order chi connectivity index (χ1) is 8.24. The number of benzene rings is 1. The molecule has 0 aliphatic carbocycles. The van der Waals surface area contributed by atoms with E-state index in [0.29, 0.717) is 11.8 Å². The predicted molar refractivity (Wildman–Crippen MR) is 71.3 cm³/mol. The highest BCUT2D eigenvalue weighted by Gasteiger charge is 2.16. The second-order valence-corrected chi connectivity index (χ2v) is 5.41. The molecule has 0 radical (unpaired) electrons. The molecule has 92 valence electrons. The Morgan fingerprint density at radius 3 is 2.88 bits per heavy atom. The summed E-state index contributed by atoms with van der Waals surface area (Å²) in [6, 6.07) is 8.58. The van der Waals surface area contributed by atoms with E-state index in [1.165, 1.54) is 5.56 Å². The average molecular weight is 250 g/mol. The standard InChI is InChI=1S/C13H18N2OS/c1-10-2-4-12(5-3-10)17-9-13(16)15-11-6-7-14-8-11/h2-5,11,14H,6-9H2,1H3,(H,15,16). The van der Waals surface area contributed by atoms with E-state index >= 15 is 0 Å². The van der Waals surface area contributed by atoms with Gasteiger partial charge in [0.15, 0.2) is 0 Å². The van der Waals surface area contributed by atoms with Crippen LogP contribution in [0, 0.1) is 6.92 Å². The van der Waals surface area contributed by atoms with Gasteiger partial charge < -0.3 is 10.6 Å². The molecule has 1 heterocycles. The Labute approximate surface area is 106 Å². The van der Waals surface area contributed by atoms with Crippen LogP contribution in [0.3, 0.4) is 0 Å². The number of carbonyl (C=O) groups excluding carboxylic acids is 1. The molecule has 1 fully saturated rings. The largest absolute Gasteiger partial charge is 0.351 e. The number of aryl methyl sites for hydroxylation is 1. The number of hydrogen-bond donors (Lipinski definition) is 2. The van der Waals surface area contributed by atoms with Gasteiger partial charge in [0.25, 0.3) is 0 Å². The number of thioether (sulfide) groups is 1. The molecule has 1 aliphatic rings. The van der Waals surface area contributed by atoms with Crippen LogP contribution in [0.25, 0.3) is 0 Å². The maximum Gasteiger partial charge on any atom is 0.230 e. The summed E-state index contributed by atoms with van der Waals surface area (Å²) in [5.74, 6) is 0.629. The summed E-state index contributed by atoms with van der Waals surface area (Å²) in [7, 11) is 0. The molecule has 1 saturated heterocycles. The lowest BCUT2D eigenvalue weighted by Crippen LogP contribution is -2.37. The van der Waals surface area contributed by atoms with E-state index in [9.17, 15) is 4.79 Å². The SMILES string of the molecule is Cc1ccc(SCC(=O)NC2CCNC2)cc1. The summed E-state index contributed by atoms with van der Waals surface area (Å²) in [5.41, 5.74) is 1.25. The molecule has 0 saturated carbocycles. The lowest BCUT2D eigenvalue weighted by molar-refractivity contribution is -0.119. The fourth-order valence-electron chi connectivity index (χ4n) is 1.83. The average Bonchev–Trinajstić information content (AvgIpc) is 2.81. The predicted octanol–water partition coefficient (Wildman–Crippen LogP) is 1.57. The van der Waals surface area contributed by atoms with Crippen LogP contribution >= 0.6 is 11.8 Å². The first-order valence-corrected chi connectivity index (χ1v) is 6.92. The molecule has 1 aromatic carbocycles. The van der Waals surface area contributed by atoms with Gasteiger partial charge in [-0.1, -0.05) is 17.7 Å². The fraction of sp³-hybridized carbons (Fsp3) is 0.462. The van der Waals surface area contributed by atoms with Gasteiger partial charge in [0, 0.05) is 17.5 Å².